The lowest BCUT2D eigenvalue weighted by atomic mass is 10.2. The summed E-state index contributed by atoms with van der Waals surface area (Å²) in [6.07, 6.45) is 0.149. The number of hydrogen-bond donors (Lipinski definition) is 2. The molecule has 1 atom stereocenters. The standard InChI is InChI=1S/C14H22N2O3/c1-11(17)7-8-16(2)14(18)10-19-13-6-4-3-5-12(13)9-15/h3-6,11,17H,7-10,15H2,1-2H3. The second-order valence-electron chi connectivity index (χ2n) is 4.55. The summed E-state index contributed by atoms with van der Waals surface area (Å²) >= 11 is 0. The van der Waals surface area contributed by atoms with Gasteiger partial charge in [-0.05, 0) is 19.4 Å². The van der Waals surface area contributed by atoms with Gasteiger partial charge in [0.2, 0.25) is 0 Å². The minimum atomic E-state index is -0.408. The van der Waals surface area contributed by atoms with E-state index in [9.17, 15) is 9.90 Å². The molecule has 19 heavy (non-hydrogen) atoms. The molecule has 0 radical (unpaired) electrons. The Morgan fingerprint density at radius 1 is 1.47 bits per heavy atom. The maximum atomic E-state index is 11.8. The van der Waals surface area contributed by atoms with Crippen LogP contribution in [-0.2, 0) is 11.3 Å². The molecule has 1 aromatic carbocycles. The number of benzene rings is 1. The number of carbonyl (C=O) groups is 1. The first-order valence-corrected chi connectivity index (χ1v) is 6.37. The number of ether oxygens (including phenoxy) is 1. The van der Waals surface area contributed by atoms with Gasteiger partial charge in [-0.1, -0.05) is 18.2 Å². The van der Waals surface area contributed by atoms with Gasteiger partial charge in [-0.3, -0.25) is 4.79 Å². The zero-order chi connectivity index (χ0) is 14.3. The number of amides is 1. The molecular weight excluding hydrogens is 244 g/mol. The Bertz CT molecular complexity index is 407. The molecule has 1 aromatic rings. The highest BCUT2D eigenvalue weighted by Gasteiger charge is 2.11. The predicted molar refractivity (Wildman–Crippen MR) is 73.8 cm³/mol. The molecule has 0 aliphatic heterocycles. The molecule has 0 bridgehead atoms. The van der Waals surface area contributed by atoms with Crippen LogP contribution in [-0.4, -0.2) is 42.2 Å². The van der Waals surface area contributed by atoms with Crippen LogP contribution < -0.4 is 10.5 Å². The fourth-order valence-corrected chi connectivity index (χ4v) is 1.57. The van der Waals surface area contributed by atoms with Crippen molar-refractivity contribution in [2.75, 3.05) is 20.2 Å². The highest BCUT2D eigenvalue weighted by molar-refractivity contribution is 5.77. The van der Waals surface area contributed by atoms with E-state index in [-0.39, 0.29) is 12.5 Å². The van der Waals surface area contributed by atoms with Gasteiger partial charge in [-0.2, -0.15) is 0 Å². The molecule has 0 saturated heterocycles. The van der Waals surface area contributed by atoms with E-state index >= 15 is 0 Å². The quantitative estimate of drug-likeness (QED) is 0.763. The number of para-hydroxylation sites is 1. The maximum Gasteiger partial charge on any atom is 0.260 e. The molecule has 1 unspecified atom stereocenters. The Balaban J connectivity index is 2.45. The number of hydrogen-bond acceptors (Lipinski definition) is 4. The van der Waals surface area contributed by atoms with Gasteiger partial charge in [-0.25, -0.2) is 0 Å². The van der Waals surface area contributed by atoms with E-state index in [1.807, 2.05) is 18.2 Å². The fraction of sp³-hybridized carbons (Fsp3) is 0.500. The molecule has 5 nitrogen and oxygen atoms in total. The number of nitrogens with zero attached hydrogens (tertiary/aromatic N) is 1. The van der Waals surface area contributed by atoms with E-state index in [4.69, 9.17) is 10.5 Å². The molecule has 0 spiro atoms. The van der Waals surface area contributed by atoms with E-state index in [0.29, 0.717) is 25.3 Å². The second kappa shape index (κ2) is 7.76. The van der Waals surface area contributed by atoms with Crippen LogP contribution in [0.1, 0.15) is 18.9 Å². The minimum Gasteiger partial charge on any atom is -0.483 e. The number of aliphatic hydroxyl groups is 1. The first-order chi connectivity index (χ1) is 9.04. The first kappa shape index (κ1) is 15.5. The zero-order valence-corrected chi connectivity index (χ0v) is 11.5. The topological polar surface area (TPSA) is 75.8 Å². The van der Waals surface area contributed by atoms with Crippen molar-refractivity contribution in [3.63, 3.8) is 0 Å². The van der Waals surface area contributed by atoms with Crippen LogP contribution in [0.2, 0.25) is 0 Å². The summed E-state index contributed by atoms with van der Waals surface area (Å²) in [7, 11) is 1.70. The zero-order valence-electron chi connectivity index (χ0n) is 11.5. The van der Waals surface area contributed by atoms with Gasteiger partial charge in [0, 0.05) is 25.7 Å². The van der Waals surface area contributed by atoms with Gasteiger partial charge in [0.15, 0.2) is 6.61 Å². The Kier molecular flexibility index (Phi) is 6.32. The Morgan fingerprint density at radius 2 is 2.16 bits per heavy atom. The van der Waals surface area contributed by atoms with Crippen molar-refractivity contribution in [1.82, 2.24) is 4.90 Å². The lowest BCUT2D eigenvalue weighted by molar-refractivity contribution is -0.132. The Morgan fingerprint density at radius 3 is 2.79 bits per heavy atom. The van der Waals surface area contributed by atoms with Crippen LogP contribution in [0.15, 0.2) is 24.3 Å². The van der Waals surface area contributed by atoms with Gasteiger partial charge in [0.05, 0.1) is 6.10 Å². The summed E-state index contributed by atoms with van der Waals surface area (Å²) in [6.45, 7) is 2.57. The second-order valence-corrected chi connectivity index (χ2v) is 4.55. The van der Waals surface area contributed by atoms with Crippen molar-refractivity contribution in [2.24, 2.45) is 5.73 Å². The Labute approximate surface area is 114 Å². The molecule has 0 aliphatic rings. The summed E-state index contributed by atoms with van der Waals surface area (Å²) in [5.41, 5.74) is 6.47. The van der Waals surface area contributed by atoms with Crippen molar-refractivity contribution >= 4 is 5.91 Å². The van der Waals surface area contributed by atoms with Crippen LogP contribution in [0.3, 0.4) is 0 Å². The van der Waals surface area contributed by atoms with E-state index in [1.54, 1.807) is 24.9 Å². The van der Waals surface area contributed by atoms with Crippen molar-refractivity contribution < 1.29 is 14.6 Å². The smallest absolute Gasteiger partial charge is 0.260 e. The van der Waals surface area contributed by atoms with Crippen molar-refractivity contribution in [2.45, 2.75) is 26.0 Å². The van der Waals surface area contributed by atoms with Crippen LogP contribution in [0.4, 0.5) is 0 Å². The van der Waals surface area contributed by atoms with Crippen LogP contribution >= 0.6 is 0 Å². The van der Waals surface area contributed by atoms with Crippen molar-refractivity contribution in [3.8, 4) is 5.75 Å². The third-order valence-electron chi connectivity index (χ3n) is 2.85. The summed E-state index contributed by atoms with van der Waals surface area (Å²) in [6, 6.07) is 7.39. The monoisotopic (exact) mass is 266 g/mol. The largest absolute Gasteiger partial charge is 0.483 e. The van der Waals surface area contributed by atoms with Crippen molar-refractivity contribution in [3.05, 3.63) is 29.8 Å². The fourth-order valence-electron chi connectivity index (χ4n) is 1.57. The molecule has 1 amide bonds. The van der Waals surface area contributed by atoms with Gasteiger partial charge in [0.1, 0.15) is 5.75 Å². The minimum absolute atomic E-state index is 0.0205. The molecule has 106 valence electrons. The molecule has 1 rings (SSSR count). The number of aliphatic hydroxyl groups excluding tert-OH is 1. The predicted octanol–water partition coefficient (Wildman–Crippen LogP) is 0.753. The lowest BCUT2D eigenvalue weighted by Gasteiger charge is -2.18. The van der Waals surface area contributed by atoms with Crippen LogP contribution in [0.5, 0.6) is 5.75 Å². The number of rotatable bonds is 7. The third-order valence-corrected chi connectivity index (χ3v) is 2.85. The van der Waals surface area contributed by atoms with Gasteiger partial charge in [0.25, 0.3) is 5.91 Å². The van der Waals surface area contributed by atoms with Gasteiger partial charge in [-0.15, -0.1) is 0 Å². The highest BCUT2D eigenvalue weighted by atomic mass is 16.5. The normalized spacial score (nSPS) is 12.0. The molecule has 0 fully saturated rings. The van der Waals surface area contributed by atoms with Gasteiger partial charge < -0.3 is 20.5 Å². The van der Waals surface area contributed by atoms with Gasteiger partial charge >= 0.3 is 0 Å². The average Bonchev–Trinajstić information content (AvgIpc) is 2.42. The number of nitrogens with two attached hydrogens (primary N) is 1. The van der Waals surface area contributed by atoms with E-state index in [1.165, 1.54) is 0 Å². The molecule has 0 heterocycles. The van der Waals surface area contributed by atoms with Crippen LogP contribution in [0, 0.1) is 0 Å². The van der Waals surface area contributed by atoms with Crippen LogP contribution in [0.25, 0.3) is 0 Å². The lowest BCUT2D eigenvalue weighted by Crippen LogP contribution is -2.33. The summed E-state index contributed by atoms with van der Waals surface area (Å²) < 4.78 is 5.48. The molecule has 0 saturated carbocycles. The first-order valence-electron chi connectivity index (χ1n) is 6.37. The third kappa shape index (κ3) is 5.28. The summed E-state index contributed by atoms with van der Waals surface area (Å²) in [5.74, 6) is 0.523. The molecular formula is C14H22N2O3. The van der Waals surface area contributed by atoms with E-state index < -0.39 is 6.10 Å². The summed E-state index contributed by atoms with van der Waals surface area (Å²) in [5, 5.41) is 9.18. The average molecular weight is 266 g/mol. The summed E-state index contributed by atoms with van der Waals surface area (Å²) in [4.78, 5) is 13.4. The van der Waals surface area contributed by atoms with Crippen molar-refractivity contribution in [1.29, 1.82) is 0 Å². The molecule has 5 heteroatoms. The number of carbonyl (C=O) groups excluding carboxylic acids is 1. The van der Waals surface area contributed by atoms with E-state index in [0.717, 1.165) is 5.56 Å². The SMILES string of the molecule is CC(O)CCN(C)C(=O)COc1ccccc1CN. The number of likely N-dealkylation sites (N-methyl/N-ethyl adjacent to an activating group) is 1. The molecule has 0 aromatic heterocycles. The molecule has 0 aliphatic carbocycles. The molecule has 3 N–H and O–H groups in total. The Hall–Kier alpha value is -1.59. The maximum absolute atomic E-state index is 11.8. The highest BCUT2D eigenvalue weighted by Crippen LogP contribution is 2.16. The van der Waals surface area contributed by atoms with E-state index in [2.05, 4.69) is 0 Å².